The van der Waals surface area contributed by atoms with Gasteiger partial charge in [0.1, 0.15) is 11.7 Å². The number of aliphatic hydroxyl groups is 2. The number of ether oxygens (including phenoxy) is 1. The Hall–Kier alpha value is -2.37. The highest BCUT2D eigenvalue weighted by molar-refractivity contribution is 5.67. The van der Waals surface area contributed by atoms with Crippen molar-refractivity contribution < 1.29 is 19.7 Å². The van der Waals surface area contributed by atoms with Crippen molar-refractivity contribution in [1.82, 2.24) is 5.32 Å². The summed E-state index contributed by atoms with van der Waals surface area (Å²) in [6.45, 7) is 5.56. The molecule has 2 unspecified atom stereocenters. The number of benzene rings is 2. The molecular weight excluding hydrogens is 330 g/mol. The van der Waals surface area contributed by atoms with Crippen molar-refractivity contribution >= 4 is 6.09 Å². The van der Waals surface area contributed by atoms with Crippen LogP contribution < -0.4 is 5.32 Å². The minimum atomic E-state index is -1.03. The monoisotopic (exact) mass is 357 g/mol. The summed E-state index contributed by atoms with van der Waals surface area (Å²) in [6, 6.07) is 17.3. The summed E-state index contributed by atoms with van der Waals surface area (Å²) < 4.78 is 5.14. The van der Waals surface area contributed by atoms with Gasteiger partial charge in [0.15, 0.2) is 0 Å². The molecule has 0 aromatic heterocycles. The molecule has 0 heterocycles. The zero-order chi connectivity index (χ0) is 19.2. The van der Waals surface area contributed by atoms with Crippen molar-refractivity contribution in [1.29, 1.82) is 0 Å². The van der Waals surface area contributed by atoms with E-state index in [0.717, 1.165) is 11.1 Å². The zero-order valence-electron chi connectivity index (χ0n) is 15.5. The Morgan fingerprint density at radius 1 is 1.04 bits per heavy atom. The van der Waals surface area contributed by atoms with Gasteiger partial charge in [-0.25, -0.2) is 4.79 Å². The maximum Gasteiger partial charge on any atom is 0.407 e. The summed E-state index contributed by atoms with van der Waals surface area (Å²) in [6.07, 6.45) is -2.34. The first-order valence-electron chi connectivity index (χ1n) is 8.74. The fourth-order valence-corrected chi connectivity index (χ4v) is 2.55. The van der Waals surface area contributed by atoms with Crippen LogP contribution in [0.5, 0.6) is 0 Å². The van der Waals surface area contributed by atoms with Crippen LogP contribution in [-0.2, 0) is 4.74 Å². The van der Waals surface area contributed by atoms with E-state index >= 15 is 0 Å². The van der Waals surface area contributed by atoms with Gasteiger partial charge in [-0.15, -0.1) is 0 Å². The van der Waals surface area contributed by atoms with Gasteiger partial charge >= 0.3 is 6.09 Å². The van der Waals surface area contributed by atoms with Crippen LogP contribution in [0.1, 0.15) is 38.9 Å². The van der Waals surface area contributed by atoms with Gasteiger partial charge in [-0.2, -0.15) is 0 Å². The molecule has 0 saturated heterocycles. The molecule has 0 aliphatic rings. The van der Waals surface area contributed by atoms with Gasteiger partial charge in [-0.05, 0) is 49.9 Å². The van der Waals surface area contributed by atoms with Crippen LogP contribution in [0.3, 0.4) is 0 Å². The molecule has 2 atom stereocenters. The molecule has 26 heavy (non-hydrogen) atoms. The minimum absolute atomic E-state index is 0.214. The highest BCUT2D eigenvalue weighted by atomic mass is 16.6. The SMILES string of the molecule is CC(C)(C)OC(=O)NCCC(O)C(O)c1cccc(-c2ccccc2)c1. The Bertz CT molecular complexity index is 709. The average Bonchev–Trinajstić information content (AvgIpc) is 2.60. The van der Waals surface area contributed by atoms with Gasteiger partial charge in [0.05, 0.1) is 6.10 Å². The Morgan fingerprint density at radius 2 is 1.69 bits per heavy atom. The molecule has 0 spiro atoms. The van der Waals surface area contributed by atoms with E-state index in [1.165, 1.54) is 0 Å². The second-order valence-corrected chi connectivity index (χ2v) is 7.22. The molecule has 0 aliphatic heterocycles. The standard InChI is InChI=1S/C21H27NO4/c1-21(2,3)26-20(25)22-13-12-18(23)19(24)17-11-7-10-16(14-17)15-8-5-4-6-9-15/h4-11,14,18-19,23-24H,12-13H2,1-3H3,(H,22,25). The number of carbonyl (C=O) groups is 1. The largest absolute Gasteiger partial charge is 0.444 e. The Labute approximate surface area is 154 Å². The van der Waals surface area contributed by atoms with Gasteiger partial charge in [-0.1, -0.05) is 48.5 Å². The van der Waals surface area contributed by atoms with E-state index in [9.17, 15) is 15.0 Å². The van der Waals surface area contributed by atoms with Crippen molar-refractivity contribution in [2.24, 2.45) is 0 Å². The number of alkyl carbamates (subject to hydrolysis) is 1. The second-order valence-electron chi connectivity index (χ2n) is 7.22. The predicted octanol–water partition coefficient (Wildman–Crippen LogP) is 3.66. The smallest absolute Gasteiger partial charge is 0.407 e. The summed E-state index contributed by atoms with van der Waals surface area (Å²) in [5.74, 6) is 0. The van der Waals surface area contributed by atoms with E-state index in [-0.39, 0.29) is 13.0 Å². The lowest BCUT2D eigenvalue weighted by Crippen LogP contribution is -2.34. The van der Waals surface area contributed by atoms with E-state index in [1.54, 1.807) is 26.8 Å². The zero-order valence-corrected chi connectivity index (χ0v) is 15.5. The molecule has 1 amide bonds. The molecule has 5 heteroatoms. The molecular formula is C21H27NO4. The van der Waals surface area contributed by atoms with Gasteiger partial charge in [0.25, 0.3) is 0 Å². The van der Waals surface area contributed by atoms with E-state index < -0.39 is 23.9 Å². The predicted molar refractivity (Wildman–Crippen MR) is 102 cm³/mol. The average molecular weight is 357 g/mol. The number of rotatable bonds is 6. The number of nitrogens with one attached hydrogen (secondary N) is 1. The normalized spacial score (nSPS) is 13.7. The van der Waals surface area contributed by atoms with Gasteiger partial charge in [0, 0.05) is 6.54 Å². The van der Waals surface area contributed by atoms with Crippen LogP contribution in [-0.4, -0.2) is 34.6 Å². The van der Waals surface area contributed by atoms with Crippen LogP contribution >= 0.6 is 0 Å². The third-order valence-electron chi connectivity index (χ3n) is 3.81. The fraction of sp³-hybridized carbons (Fsp3) is 0.381. The Morgan fingerprint density at radius 3 is 2.35 bits per heavy atom. The molecule has 2 aromatic carbocycles. The quantitative estimate of drug-likeness (QED) is 0.737. The molecule has 0 radical (unpaired) electrons. The van der Waals surface area contributed by atoms with Crippen LogP contribution in [0.25, 0.3) is 11.1 Å². The molecule has 2 rings (SSSR count). The summed E-state index contributed by atoms with van der Waals surface area (Å²) in [5, 5.41) is 23.2. The van der Waals surface area contributed by atoms with E-state index in [4.69, 9.17) is 4.74 Å². The third kappa shape index (κ3) is 6.17. The van der Waals surface area contributed by atoms with Gasteiger partial charge in [0.2, 0.25) is 0 Å². The Kier molecular flexibility index (Phi) is 6.77. The molecule has 0 aliphatic carbocycles. The molecule has 0 fully saturated rings. The molecule has 3 N–H and O–H groups in total. The van der Waals surface area contributed by atoms with Crippen LogP contribution in [0, 0.1) is 0 Å². The van der Waals surface area contributed by atoms with Crippen molar-refractivity contribution in [2.75, 3.05) is 6.54 Å². The summed E-state index contributed by atoms with van der Waals surface area (Å²) in [7, 11) is 0. The van der Waals surface area contributed by atoms with Crippen molar-refractivity contribution in [3.63, 3.8) is 0 Å². The minimum Gasteiger partial charge on any atom is -0.444 e. The maximum absolute atomic E-state index is 11.6. The van der Waals surface area contributed by atoms with E-state index in [1.807, 2.05) is 48.5 Å². The lowest BCUT2D eigenvalue weighted by molar-refractivity contribution is 0.0123. The first kappa shape index (κ1) is 19.9. The number of hydrogen-bond donors (Lipinski definition) is 3. The second kappa shape index (κ2) is 8.83. The highest BCUT2D eigenvalue weighted by Gasteiger charge is 2.20. The summed E-state index contributed by atoms with van der Waals surface area (Å²) in [5.41, 5.74) is 2.08. The molecule has 5 nitrogen and oxygen atoms in total. The maximum atomic E-state index is 11.6. The van der Waals surface area contributed by atoms with E-state index in [0.29, 0.717) is 5.56 Å². The van der Waals surface area contributed by atoms with Crippen molar-refractivity contribution in [3.05, 3.63) is 60.2 Å². The third-order valence-corrected chi connectivity index (χ3v) is 3.81. The molecule has 0 bridgehead atoms. The Balaban J connectivity index is 1.92. The fourth-order valence-electron chi connectivity index (χ4n) is 2.55. The number of hydrogen-bond acceptors (Lipinski definition) is 4. The lowest BCUT2D eigenvalue weighted by atomic mass is 9.97. The lowest BCUT2D eigenvalue weighted by Gasteiger charge is -2.21. The molecule has 2 aromatic rings. The molecule has 140 valence electrons. The molecule has 0 saturated carbocycles. The summed E-state index contributed by atoms with van der Waals surface area (Å²) >= 11 is 0. The highest BCUT2D eigenvalue weighted by Crippen LogP contribution is 2.25. The first-order valence-corrected chi connectivity index (χ1v) is 8.74. The van der Waals surface area contributed by atoms with Gasteiger partial charge in [-0.3, -0.25) is 0 Å². The van der Waals surface area contributed by atoms with Crippen LogP contribution in [0.15, 0.2) is 54.6 Å². The number of aliphatic hydroxyl groups excluding tert-OH is 2. The van der Waals surface area contributed by atoms with E-state index in [2.05, 4.69) is 5.32 Å². The van der Waals surface area contributed by atoms with Crippen molar-refractivity contribution in [3.8, 4) is 11.1 Å². The van der Waals surface area contributed by atoms with Crippen LogP contribution in [0.2, 0.25) is 0 Å². The number of carbonyl (C=O) groups excluding carboxylic acids is 1. The number of amides is 1. The van der Waals surface area contributed by atoms with Crippen molar-refractivity contribution in [2.45, 2.75) is 45.0 Å². The first-order chi connectivity index (χ1) is 12.3. The summed E-state index contributed by atoms with van der Waals surface area (Å²) in [4.78, 5) is 11.6. The topological polar surface area (TPSA) is 78.8 Å². The van der Waals surface area contributed by atoms with Gasteiger partial charge < -0.3 is 20.3 Å². The van der Waals surface area contributed by atoms with Crippen LogP contribution in [0.4, 0.5) is 4.79 Å².